The van der Waals surface area contributed by atoms with Crippen LogP contribution in [0.15, 0.2) is 199 Å². The highest BCUT2D eigenvalue weighted by Gasteiger charge is 2.36. The molecular weight excluding hydrogens is 689 g/mol. The van der Waals surface area contributed by atoms with Gasteiger partial charge in [0.2, 0.25) is 0 Å². The molecule has 0 amide bonds. The lowest BCUT2D eigenvalue weighted by Gasteiger charge is -2.22. The molecule has 0 heterocycles. The molecule has 0 atom stereocenters. The van der Waals surface area contributed by atoms with Gasteiger partial charge in [0.05, 0.1) is 5.70 Å². The molecule has 0 bridgehead atoms. The number of benzene rings is 9. The van der Waals surface area contributed by atoms with Crippen LogP contribution >= 0.6 is 0 Å². The lowest BCUT2D eigenvalue weighted by molar-refractivity contribution is 0.661. The highest BCUT2D eigenvalue weighted by molar-refractivity contribution is 6.07. The fourth-order valence-corrected chi connectivity index (χ4v) is 9.00. The highest BCUT2D eigenvalue weighted by atomic mass is 14.9. The van der Waals surface area contributed by atoms with Gasteiger partial charge in [0.25, 0.3) is 0 Å². The average Bonchev–Trinajstić information content (AvgIpc) is 3.50. The number of hydrogen-bond acceptors (Lipinski definition) is 1. The van der Waals surface area contributed by atoms with E-state index in [9.17, 15) is 0 Å². The van der Waals surface area contributed by atoms with E-state index in [-0.39, 0.29) is 5.41 Å². The minimum Gasteiger partial charge on any atom is -0.383 e. The SMILES string of the molecule is CC1(C)c2cc(-c3ccc(/C(=C/Cc4cccc5ccccc45)N=C(N)c4ccc(-c5ccccc5)cc4)c4ccccc34)ccc2-c2c1ccc1ccccc21. The summed E-state index contributed by atoms with van der Waals surface area (Å²) >= 11 is 0. The standard InChI is InChI=1S/C55H42N2/c1-55(2)50-33-28-40-16-7-9-20-45(40)53(50)49-30-27-42(35-51(49)55)44-31-32-48(47-22-11-10-21-46(44)47)52(34-29-39-18-12-17-38-15-6-8-19-43(38)39)57-54(56)41-25-23-37(24-26-41)36-13-4-3-5-14-36/h3-28,30-35H,29H2,1-2H3,(H2,56,57)/b52-34-. The Morgan fingerprint density at radius 3 is 1.91 bits per heavy atom. The van der Waals surface area contributed by atoms with Crippen molar-refractivity contribution in [2.75, 3.05) is 0 Å². The third-order valence-electron chi connectivity index (χ3n) is 12.0. The Balaban J connectivity index is 1.09. The fourth-order valence-electron chi connectivity index (χ4n) is 9.00. The van der Waals surface area contributed by atoms with Crippen LogP contribution in [0.2, 0.25) is 0 Å². The van der Waals surface area contributed by atoms with Crippen LogP contribution in [0.1, 0.15) is 41.7 Å². The van der Waals surface area contributed by atoms with E-state index in [0.29, 0.717) is 12.3 Å². The quantitative estimate of drug-likeness (QED) is 0.129. The molecule has 0 saturated heterocycles. The van der Waals surface area contributed by atoms with Crippen LogP contribution in [0, 0.1) is 0 Å². The molecule has 0 aromatic heterocycles. The largest absolute Gasteiger partial charge is 0.383 e. The van der Waals surface area contributed by atoms with Gasteiger partial charge in [-0.05, 0) is 94.9 Å². The van der Waals surface area contributed by atoms with Gasteiger partial charge < -0.3 is 5.73 Å². The van der Waals surface area contributed by atoms with Crippen molar-refractivity contribution < 1.29 is 0 Å². The molecule has 2 nitrogen and oxygen atoms in total. The number of nitrogens with zero attached hydrogens (tertiary/aromatic N) is 1. The second-order valence-electron chi connectivity index (χ2n) is 15.7. The van der Waals surface area contributed by atoms with Gasteiger partial charge in [-0.1, -0.05) is 202 Å². The highest BCUT2D eigenvalue weighted by Crippen LogP contribution is 2.52. The van der Waals surface area contributed by atoms with Gasteiger partial charge >= 0.3 is 0 Å². The molecular formula is C55H42N2. The normalized spacial score (nSPS) is 13.6. The Morgan fingerprint density at radius 1 is 0.509 bits per heavy atom. The molecule has 0 radical (unpaired) electrons. The van der Waals surface area contributed by atoms with E-state index in [0.717, 1.165) is 27.8 Å². The zero-order valence-electron chi connectivity index (χ0n) is 32.2. The van der Waals surface area contributed by atoms with Crippen molar-refractivity contribution in [3.05, 3.63) is 222 Å². The maximum absolute atomic E-state index is 6.90. The van der Waals surface area contributed by atoms with E-state index < -0.39 is 0 Å². The van der Waals surface area contributed by atoms with Crippen molar-refractivity contribution in [1.82, 2.24) is 0 Å². The zero-order valence-corrected chi connectivity index (χ0v) is 32.2. The van der Waals surface area contributed by atoms with E-state index in [1.807, 2.05) is 6.07 Å². The second-order valence-corrected chi connectivity index (χ2v) is 15.7. The van der Waals surface area contributed by atoms with Gasteiger partial charge in [-0.3, -0.25) is 0 Å². The van der Waals surface area contributed by atoms with Crippen LogP contribution in [-0.2, 0) is 11.8 Å². The number of rotatable bonds is 7. The Kier molecular flexibility index (Phi) is 8.42. The minimum atomic E-state index is -0.122. The number of hydrogen-bond donors (Lipinski definition) is 1. The van der Waals surface area contributed by atoms with Crippen molar-refractivity contribution in [3.63, 3.8) is 0 Å². The van der Waals surface area contributed by atoms with Crippen molar-refractivity contribution in [2.45, 2.75) is 25.7 Å². The van der Waals surface area contributed by atoms with Gasteiger partial charge in [-0.15, -0.1) is 0 Å². The van der Waals surface area contributed by atoms with Gasteiger partial charge in [0, 0.05) is 16.5 Å². The molecule has 1 aliphatic carbocycles. The average molecular weight is 731 g/mol. The van der Waals surface area contributed by atoms with Gasteiger partial charge in [0.1, 0.15) is 5.84 Å². The van der Waals surface area contributed by atoms with Crippen molar-refractivity contribution in [2.24, 2.45) is 10.7 Å². The molecule has 0 saturated carbocycles. The summed E-state index contributed by atoms with van der Waals surface area (Å²) in [5.41, 5.74) is 21.0. The van der Waals surface area contributed by atoms with E-state index in [4.69, 9.17) is 10.7 Å². The summed E-state index contributed by atoms with van der Waals surface area (Å²) in [5.74, 6) is 0.486. The van der Waals surface area contributed by atoms with E-state index in [2.05, 4.69) is 202 Å². The Morgan fingerprint density at radius 2 is 1.12 bits per heavy atom. The maximum atomic E-state index is 6.90. The number of aliphatic imine (C=N–C) groups is 1. The summed E-state index contributed by atoms with van der Waals surface area (Å²) in [4.78, 5) is 5.24. The first kappa shape index (κ1) is 34.5. The summed E-state index contributed by atoms with van der Waals surface area (Å²) in [6.45, 7) is 4.73. The first-order valence-corrected chi connectivity index (χ1v) is 19.8. The predicted octanol–water partition coefficient (Wildman–Crippen LogP) is 13.8. The molecule has 57 heavy (non-hydrogen) atoms. The minimum absolute atomic E-state index is 0.122. The number of fused-ring (bicyclic) bond motifs is 7. The molecule has 9 aromatic rings. The molecule has 10 rings (SSSR count). The van der Waals surface area contributed by atoms with Crippen LogP contribution in [0.4, 0.5) is 0 Å². The molecule has 0 unspecified atom stereocenters. The first-order valence-electron chi connectivity index (χ1n) is 19.8. The summed E-state index contributed by atoms with van der Waals surface area (Å²) in [7, 11) is 0. The molecule has 272 valence electrons. The van der Waals surface area contributed by atoms with E-state index >= 15 is 0 Å². The number of allylic oxidation sites excluding steroid dienone is 1. The summed E-state index contributed by atoms with van der Waals surface area (Å²) in [6, 6.07) is 67.6. The van der Waals surface area contributed by atoms with Crippen LogP contribution < -0.4 is 5.73 Å². The topological polar surface area (TPSA) is 38.4 Å². The molecule has 2 N–H and O–H groups in total. The lowest BCUT2D eigenvalue weighted by atomic mass is 9.81. The fraction of sp³-hybridized carbons (Fsp3) is 0.0727. The molecule has 0 fully saturated rings. The summed E-state index contributed by atoms with van der Waals surface area (Å²) in [6.07, 6.45) is 2.96. The van der Waals surface area contributed by atoms with Gasteiger partial charge in [-0.25, -0.2) is 4.99 Å². The third-order valence-corrected chi connectivity index (χ3v) is 12.0. The van der Waals surface area contributed by atoms with Gasteiger partial charge in [-0.2, -0.15) is 0 Å². The van der Waals surface area contributed by atoms with Crippen molar-refractivity contribution in [3.8, 4) is 33.4 Å². The zero-order chi connectivity index (χ0) is 38.5. The van der Waals surface area contributed by atoms with Crippen LogP contribution in [0.25, 0.3) is 71.4 Å². The second kappa shape index (κ2) is 13.9. The van der Waals surface area contributed by atoms with E-state index in [1.54, 1.807) is 0 Å². The van der Waals surface area contributed by atoms with Crippen LogP contribution in [0.5, 0.6) is 0 Å². The van der Waals surface area contributed by atoms with Crippen LogP contribution in [0.3, 0.4) is 0 Å². The van der Waals surface area contributed by atoms with Crippen molar-refractivity contribution in [1.29, 1.82) is 0 Å². The summed E-state index contributed by atoms with van der Waals surface area (Å²) < 4.78 is 0. The third kappa shape index (κ3) is 6.02. The Hall–Kier alpha value is -7.03. The first-order chi connectivity index (χ1) is 27.9. The maximum Gasteiger partial charge on any atom is 0.131 e. The molecule has 0 aliphatic heterocycles. The molecule has 1 aliphatic rings. The molecule has 0 spiro atoms. The molecule has 9 aromatic carbocycles. The number of amidine groups is 1. The monoisotopic (exact) mass is 730 g/mol. The lowest BCUT2D eigenvalue weighted by Crippen LogP contribution is -2.15. The Bertz CT molecular complexity index is 3050. The van der Waals surface area contributed by atoms with Gasteiger partial charge in [0.15, 0.2) is 0 Å². The van der Waals surface area contributed by atoms with Crippen molar-refractivity contribution >= 4 is 43.9 Å². The predicted molar refractivity (Wildman–Crippen MR) is 243 cm³/mol. The Labute approximate surface area is 334 Å². The summed E-state index contributed by atoms with van der Waals surface area (Å²) in [5, 5.41) is 7.41. The van der Waals surface area contributed by atoms with Crippen LogP contribution in [-0.4, -0.2) is 5.84 Å². The molecule has 2 heteroatoms. The number of nitrogens with two attached hydrogens (primary N) is 1. The smallest absolute Gasteiger partial charge is 0.131 e. The van der Waals surface area contributed by atoms with E-state index in [1.165, 1.54) is 71.4 Å².